The van der Waals surface area contributed by atoms with Gasteiger partial charge in [-0.1, -0.05) is 27.2 Å². The van der Waals surface area contributed by atoms with E-state index in [0.717, 1.165) is 17.8 Å². The number of aromatic nitrogens is 2. The van der Waals surface area contributed by atoms with Crippen molar-refractivity contribution in [3.8, 4) is 0 Å². The molecule has 2 rings (SSSR count). The summed E-state index contributed by atoms with van der Waals surface area (Å²) in [5.74, 6) is 1.48. The minimum absolute atomic E-state index is 0.0341. The summed E-state index contributed by atoms with van der Waals surface area (Å²) in [7, 11) is 1.88. The van der Waals surface area contributed by atoms with Crippen molar-refractivity contribution in [3.05, 3.63) is 17.5 Å². The third kappa shape index (κ3) is 5.06. The third-order valence-corrected chi connectivity index (χ3v) is 4.92. The minimum atomic E-state index is -0.311. The Bertz CT molecular complexity index is 505. The highest BCUT2D eigenvalue weighted by Gasteiger charge is 2.31. The van der Waals surface area contributed by atoms with Gasteiger partial charge in [0.1, 0.15) is 18.9 Å². The summed E-state index contributed by atoms with van der Waals surface area (Å²) in [6, 6.07) is 1.92. The highest BCUT2D eigenvalue weighted by atomic mass is 16.6. The first kappa shape index (κ1) is 18.0. The van der Waals surface area contributed by atoms with Gasteiger partial charge in [0, 0.05) is 12.7 Å². The van der Waals surface area contributed by atoms with Crippen LogP contribution in [0.15, 0.2) is 6.07 Å². The SMILES string of the molecule is Cc1cc(COC(=O)COC2CC(C)CCC2C(C)C)nn1C. The lowest BCUT2D eigenvalue weighted by Gasteiger charge is -2.36. The number of ether oxygens (including phenoxy) is 2. The molecule has 1 aromatic rings. The normalized spacial score (nSPS) is 24.9. The predicted molar refractivity (Wildman–Crippen MR) is 88.8 cm³/mol. The first-order valence-corrected chi connectivity index (χ1v) is 8.63. The van der Waals surface area contributed by atoms with E-state index in [1.165, 1.54) is 12.8 Å². The van der Waals surface area contributed by atoms with Crippen molar-refractivity contribution in [2.45, 2.75) is 59.7 Å². The predicted octanol–water partition coefficient (Wildman–Crippen LogP) is 3.25. The maximum atomic E-state index is 11.9. The molecule has 1 fully saturated rings. The maximum Gasteiger partial charge on any atom is 0.332 e. The van der Waals surface area contributed by atoms with Gasteiger partial charge in [0.25, 0.3) is 0 Å². The van der Waals surface area contributed by atoms with E-state index in [2.05, 4.69) is 25.9 Å². The van der Waals surface area contributed by atoms with Crippen LogP contribution in [0, 0.1) is 24.7 Å². The molecule has 0 saturated heterocycles. The second-order valence-electron chi connectivity index (χ2n) is 7.24. The molecule has 3 unspecified atom stereocenters. The Morgan fingerprint density at radius 1 is 1.43 bits per heavy atom. The number of hydrogen-bond acceptors (Lipinski definition) is 4. The highest BCUT2D eigenvalue weighted by molar-refractivity contribution is 5.70. The maximum absolute atomic E-state index is 11.9. The van der Waals surface area contributed by atoms with E-state index in [4.69, 9.17) is 9.47 Å². The van der Waals surface area contributed by atoms with Crippen molar-refractivity contribution in [1.82, 2.24) is 9.78 Å². The van der Waals surface area contributed by atoms with E-state index in [1.54, 1.807) is 4.68 Å². The Hall–Kier alpha value is -1.36. The first-order valence-electron chi connectivity index (χ1n) is 8.63. The molecule has 0 amide bonds. The number of hydrogen-bond donors (Lipinski definition) is 0. The summed E-state index contributed by atoms with van der Waals surface area (Å²) in [4.78, 5) is 11.9. The largest absolute Gasteiger partial charge is 0.457 e. The monoisotopic (exact) mass is 322 g/mol. The van der Waals surface area contributed by atoms with Crippen molar-refractivity contribution in [1.29, 1.82) is 0 Å². The molecule has 1 aliphatic rings. The van der Waals surface area contributed by atoms with Crippen molar-refractivity contribution in [2.24, 2.45) is 24.8 Å². The Morgan fingerprint density at radius 3 is 2.78 bits per heavy atom. The second-order valence-corrected chi connectivity index (χ2v) is 7.24. The van der Waals surface area contributed by atoms with Crippen molar-refractivity contribution >= 4 is 5.97 Å². The molecule has 5 nitrogen and oxygen atoms in total. The van der Waals surface area contributed by atoms with E-state index in [0.29, 0.717) is 17.8 Å². The van der Waals surface area contributed by atoms with Gasteiger partial charge < -0.3 is 9.47 Å². The number of aryl methyl sites for hydroxylation is 2. The molecule has 0 radical (unpaired) electrons. The smallest absolute Gasteiger partial charge is 0.332 e. The van der Waals surface area contributed by atoms with Crippen LogP contribution in [0.5, 0.6) is 0 Å². The molecular formula is C18H30N2O3. The fourth-order valence-corrected chi connectivity index (χ4v) is 3.38. The molecule has 0 bridgehead atoms. The van der Waals surface area contributed by atoms with Crippen LogP contribution in [0.4, 0.5) is 0 Å². The molecule has 1 aliphatic carbocycles. The molecule has 5 heteroatoms. The molecule has 0 aliphatic heterocycles. The van der Waals surface area contributed by atoms with E-state index >= 15 is 0 Å². The van der Waals surface area contributed by atoms with Crippen molar-refractivity contribution < 1.29 is 14.3 Å². The van der Waals surface area contributed by atoms with Crippen LogP contribution in [0.2, 0.25) is 0 Å². The highest BCUT2D eigenvalue weighted by Crippen LogP contribution is 2.35. The van der Waals surface area contributed by atoms with Gasteiger partial charge >= 0.3 is 5.97 Å². The van der Waals surface area contributed by atoms with Gasteiger partial charge in [-0.15, -0.1) is 0 Å². The molecule has 130 valence electrons. The molecule has 23 heavy (non-hydrogen) atoms. The number of rotatable bonds is 6. The van der Waals surface area contributed by atoms with E-state index in [1.807, 2.05) is 20.0 Å². The third-order valence-electron chi connectivity index (χ3n) is 4.92. The Labute approximate surface area is 139 Å². The van der Waals surface area contributed by atoms with Crippen LogP contribution in [0.1, 0.15) is 51.4 Å². The molecule has 0 N–H and O–H groups in total. The summed E-state index contributed by atoms with van der Waals surface area (Å²) in [5, 5.41) is 4.28. The fourth-order valence-electron chi connectivity index (χ4n) is 3.38. The van der Waals surface area contributed by atoms with Gasteiger partial charge in [-0.2, -0.15) is 5.10 Å². The molecule has 1 aromatic heterocycles. The summed E-state index contributed by atoms with van der Waals surface area (Å²) in [5.41, 5.74) is 1.81. The lowest BCUT2D eigenvalue weighted by Crippen LogP contribution is -2.35. The van der Waals surface area contributed by atoms with Gasteiger partial charge in [0.05, 0.1) is 6.10 Å². The topological polar surface area (TPSA) is 53.4 Å². The zero-order valence-electron chi connectivity index (χ0n) is 15.0. The van der Waals surface area contributed by atoms with E-state index < -0.39 is 0 Å². The Kier molecular flexibility index (Phi) is 6.22. The van der Waals surface area contributed by atoms with Gasteiger partial charge in [-0.05, 0) is 43.6 Å². The molecule has 0 spiro atoms. The van der Waals surface area contributed by atoms with E-state index in [-0.39, 0.29) is 25.3 Å². The summed E-state index contributed by atoms with van der Waals surface area (Å²) in [6.45, 7) is 8.94. The Morgan fingerprint density at radius 2 is 2.17 bits per heavy atom. The molecule has 3 atom stereocenters. The standard InChI is InChI=1S/C18H30N2O3/c1-12(2)16-7-6-13(3)8-17(16)22-11-18(21)23-10-15-9-14(4)20(5)19-15/h9,12-13,16-17H,6-8,10-11H2,1-5H3. The summed E-state index contributed by atoms with van der Waals surface area (Å²) in [6.07, 6.45) is 3.65. The number of nitrogens with zero attached hydrogens (tertiary/aromatic N) is 2. The van der Waals surface area contributed by atoms with E-state index in [9.17, 15) is 4.79 Å². The zero-order valence-corrected chi connectivity index (χ0v) is 15.0. The lowest BCUT2D eigenvalue weighted by atomic mass is 9.75. The van der Waals surface area contributed by atoms with Crippen LogP contribution in [-0.4, -0.2) is 28.5 Å². The minimum Gasteiger partial charge on any atom is -0.457 e. The fraction of sp³-hybridized carbons (Fsp3) is 0.778. The number of carbonyl (C=O) groups is 1. The van der Waals surface area contributed by atoms with Crippen LogP contribution in [0.25, 0.3) is 0 Å². The molecular weight excluding hydrogens is 292 g/mol. The second kappa shape index (κ2) is 7.95. The zero-order chi connectivity index (χ0) is 17.0. The van der Waals surface area contributed by atoms with Crippen molar-refractivity contribution in [3.63, 3.8) is 0 Å². The molecule has 1 heterocycles. The lowest BCUT2D eigenvalue weighted by molar-refractivity contribution is -0.155. The van der Waals surface area contributed by atoms with Crippen LogP contribution >= 0.6 is 0 Å². The Balaban J connectivity index is 1.78. The summed E-state index contributed by atoms with van der Waals surface area (Å²) < 4.78 is 13.0. The van der Waals surface area contributed by atoms with Crippen LogP contribution in [-0.2, 0) is 27.9 Å². The van der Waals surface area contributed by atoms with Gasteiger partial charge in [-0.3, -0.25) is 4.68 Å². The average Bonchev–Trinajstić information content (AvgIpc) is 2.81. The molecule has 0 aromatic carbocycles. The molecule has 1 saturated carbocycles. The van der Waals surface area contributed by atoms with Gasteiger partial charge in [0.15, 0.2) is 0 Å². The van der Waals surface area contributed by atoms with Crippen LogP contribution < -0.4 is 0 Å². The average molecular weight is 322 g/mol. The number of esters is 1. The van der Waals surface area contributed by atoms with Crippen molar-refractivity contribution in [2.75, 3.05) is 6.61 Å². The quantitative estimate of drug-likeness (QED) is 0.754. The van der Waals surface area contributed by atoms with Gasteiger partial charge in [0.2, 0.25) is 0 Å². The summed E-state index contributed by atoms with van der Waals surface area (Å²) >= 11 is 0. The number of carbonyl (C=O) groups excluding carboxylic acids is 1. The van der Waals surface area contributed by atoms with Crippen LogP contribution in [0.3, 0.4) is 0 Å². The first-order chi connectivity index (χ1) is 10.9. The van der Waals surface area contributed by atoms with Gasteiger partial charge in [-0.25, -0.2) is 4.79 Å².